The lowest BCUT2D eigenvalue weighted by atomic mass is 10.0. The SMILES string of the molecule is CCc1ccc(OC2=NC3N=C(c4ccc(N5CCOCC5)cc4)C(Cl)=CC3N2)cc1C(=O)NCCN(C)C. The van der Waals surface area contributed by atoms with Crippen LogP contribution in [0.1, 0.15) is 28.4 Å². The number of carbonyl (C=O) groups is 1. The number of halogens is 1. The zero-order chi connectivity index (χ0) is 27.4. The standard InChI is InChI=1S/C29H35ClN6O3/c1-4-19-7-10-22(17-23(19)28(37)31-11-12-35(2)3)39-29-32-25-18-24(30)26(33-27(25)34-29)20-5-8-21(9-6-20)36-13-15-38-16-14-36/h5-10,17-18,25,27H,4,11-16H2,1-3H3,(H,31,37)(H,32,34). The van der Waals surface area contributed by atoms with Gasteiger partial charge in [-0.3, -0.25) is 9.79 Å². The third-order valence-corrected chi connectivity index (χ3v) is 7.26. The number of hydrogen-bond donors (Lipinski definition) is 2. The molecule has 2 N–H and O–H groups in total. The van der Waals surface area contributed by atoms with Crippen molar-refractivity contribution in [2.45, 2.75) is 25.6 Å². The third-order valence-electron chi connectivity index (χ3n) is 6.96. The Bertz CT molecular complexity index is 1280. The van der Waals surface area contributed by atoms with Crippen LogP contribution in [-0.4, -0.2) is 88.2 Å². The number of dihydropyridines is 1. The molecule has 2 aromatic rings. The molecule has 2 aromatic carbocycles. The van der Waals surface area contributed by atoms with E-state index in [2.05, 4.69) is 32.7 Å². The number of amides is 1. The highest BCUT2D eigenvalue weighted by atomic mass is 35.5. The van der Waals surface area contributed by atoms with Crippen LogP contribution in [-0.2, 0) is 11.2 Å². The van der Waals surface area contributed by atoms with Gasteiger partial charge in [0.15, 0.2) is 6.17 Å². The van der Waals surface area contributed by atoms with E-state index >= 15 is 0 Å². The number of benzene rings is 2. The molecule has 0 aliphatic carbocycles. The van der Waals surface area contributed by atoms with Crippen molar-refractivity contribution in [1.82, 2.24) is 15.5 Å². The number of aliphatic imine (C=N–C) groups is 2. The molecule has 0 spiro atoms. The second-order valence-electron chi connectivity index (χ2n) is 9.99. The zero-order valence-electron chi connectivity index (χ0n) is 22.6. The first-order valence-electron chi connectivity index (χ1n) is 13.4. The average molecular weight is 551 g/mol. The van der Waals surface area contributed by atoms with Crippen LogP contribution < -0.4 is 20.3 Å². The molecule has 3 aliphatic heterocycles. The largest absolute Gasteiger partial charge is 0.426 e. The lowest BCUT2D eigenvalue weighted by Crippen LogP contribution is -2.37. The highest BCUT2D eigenvalue weighted by Crippen LogP contribution is 2.27. The minimum absolute atomic E-state index is 0.113. The molecular formula is C29H35ClN6O3. The summed E-state index contributed by atoms with van der Waals surface area (Å²) in [4.78, 5) is 26.7. The summed E-state index contributed by atoms with van der Waals surface area (Å²) in [6.07, 6.45) is 2.28. The van der Waals surface area contributed by atoms with Crippen LogP contribution in [0.15, 0.2) is 63.6 Å². The summed E-state index contributed by atoms with van der Waals surface area (Å²) in [5.74, 6) is 0.422. The Hall–Kier alpha value is -3.40. The number of likely N-dealkylation sites (N-methyl/N-ethyl adjacent to an activating group) is 1. The van der Waals surface area contributed by atoms with Crippen molar-refractivity contribution in [3.8, 4) is 5.75 Å². The molecule has 0 radical (unpaired) electrons. The second-order valence-corrected chi connectivity index (χ2v) is 10.4. The summed E-state index contributed by atoms with van der Waals surface area (Å²) < 4.78 is 11.5. The molecule has 1 amide bonds. The Kier molecular flexibility index (Phi) is 8.50. The first-order valence-corrected chi connectivity index (χ1v) is 13.8. The Morgan fingerprint density at radius 2 is 1.95 bits per heavy atom. The quantitative estimate of drug-likeness (QED) is 0.525. The number of amidine groups is 1. The topological polar surface area (TPSA) is 90.8 Å². The summed E-state index contributed by atoms with van der Waals surface area (Å²) in [5, 5.41) is 6.81. The number of rotatable bonds is 8. The second kappa shape index (κ2) is 12.2. The van der Waals surface area contributed by atoms with Gasteiger partial charge in [-0.25, -0.2) is 4.99 Å². The van der Waals surface area contributed by atoms with Crippen molar-refractivity contribution < 1.29 is 14.3 Å². The Morgan fingerprint density at radius 1 is 1.18 bits per heavy atom. The molecule has 10 heteroatoms. The van der Waals surface area contributed by atoms with Crippen molar-refractivity contribution in [1.29, 1.82) is 0 Å². The summed E-state index contributed by atoms with van der Waals surface area (Å²) in [5.41, 5.74) is 4.38. The van der Waals surface area contributed by atoms with Crippen LogP contribution in [0.3, 0.4) is 0 Å². The molecule has 2 unspecified atom stereocenters. The molecule has 206 valence electrons. The molecule has 1 fully saturated rings. The molecule has 3 heterocycles. The maximum atomic E-state index is 12.8. The fourth-order valence-electron chi connectivity index (χ4n) is 4.78. The first-order chi connectivity index (χ1) is 18.9. The molecule has 1 saturated heterocycles. The van der Waals surface area contributed by atoms with Gasteiger partial charge in [0.2, 0.25) is 0 Å². The molecular weight excluding hydrogens is 516 g/mol. The van der Waals surface area contributed by atoms with Crippen LogP contribution in [0, 0.1) is 0 Å². The number of carbonyl (C=O) groups excluding carboxylic acids is 1. The van der Waals surface area contributed by atoms with Crippen LogP contribution in [0.2, 0.25) is 0 Å². The molecule has 3 aliphatic rings. The van der Waals surface area contributed by atoms with Crippen molar-refractivity contribution in [2.24, 2.45) is 9.98 Å². The minimum atomic E-state index is -0.389. The number of nitrogens with zero attached hydrogens (tertiary/aromatic N) is 4. The Morgan fingerprint density at radius 3 is 2.67 bits per heavy atom. The molecule has 2 atom stereocenters. The van der Waals surface area contributed by atoms with E-state index in [4.69, 9.17) is 26.1 Å². The van der Waals surface area contributed by atoms with Gasteiger partial charge in [-0.1, -0.05) is 36.7 Å². The van der Waals surface area contributed by atoms with Crippen LogP contribution in [0.4, 0.5) is 5.69 Å². The zero-order valence-corrected chi connectivity index (χ0v) is 23.4. The summed E-state index contributed by atoms with van der Waals surface area (Å²) in [6.45, 7) is 6.63. The molecule has 39 heavy (non-hydrogen) atoms. The van der Waals surface area contributed by atoms with E-state index in [9.17, 15) is 4.79 Å². The number of morpholine rings is 1. The number of aryl methyl sites for hydroxylation is 1. The molecule has 5 rings (SSSR count). The van der Waals surface area contributed by atoms with Crippen LogP contribution >= 0.6 is 11.6 Å². The number of fused-ring (bicyclic) bond motifs is 1. The highest BCUT2D eigenvalue weighted by Gasteiger charge is 2.33. The van der Waals surface area contributed by atoms with E-state index in [1.54, 1.807) is 6.07 Å². The normalized spacial score (nSPS) is 20.5. The van der Waals surface area contributed by atoms with E-state index in [1.165, 1.54) is 0 Å². The predicted molar refractivity (Wildman–Crippen MR) is 155 cm³/mol. The van der Waals surface area contributed by atoms with Gasteiger partial charge >= 0.3 is 0 Å². The van der Waals surface area contributed by atoms with Crippen molar-refractivity contribution in [2.75, 3.05) is 58.4 Å². The smallest absolute Gasteiger partial charge is 0.293 e. The lowest BCUT2D eigenvalue weighted by Gasteiger charge is -2.29. The first kappa shape index (κ1) is 27.2. The maximum absolute atomic E-state index is 12.8. The molecule has 0 bridgehead atoms. The number of allylic oxidation sites excluding steroid dienone is 1. The summed E-state index contributed by atoms with van der Waals surface area (Å²) in [7, 11) is 3.95. The minimum Gasteiger partial charge on any atom is -0.426 e. The van der Waals surface area contributed by atoms with Crippen LogP contribution in [0.5, 0.6) is 5.75 Å². The summed E-state index contributed by atoms with van der Waals surface area (Å²) >= 11 is 6.65. The van der Waals surface area contributed by atoms with Gasteiger partial charge in [0.1, 0.15) is 5.75 Å². The summed E-state index contributed by atoms with van der Waals surface area (Å²) in [6, 6.07) is 14.0. The molecule has 0 aromatic heterocycles. The molecule has 9 nitrogen and oxygen atoms in total. The number of hydrogen-bond acceptors (Lipinski definition) is 8. The van der Waals surface area contributed by atoms with Crippen LogP contribution in [0.25, 0.3) is 0 Å². The monoisotopic (exact) mass is 550 g/mol. The van der Waals surface area contributed by atoms with Gasteiger partial charge in [0, 0.05) is 43.0 Å². The van der Waals surface area contributed by atoms with Gasteiger partial charge < -0.3 is 29.9 Å². The fraction of sp³-hybridized carbons (Fsp3) is 0.414. The van der Waals surface area contributed by atoms with Gasteiger partial charge in [-0.05, 0) is 56.4 Å². The fourth-order valence-corrected chi connectivity index (χ4v) is 5.07. The predicted octanol–water partition coefficient (Wildman–Crippen LogP) is 3.04. The van der Waals surface area contributed by atoms with Crippen molar-refractivity contribution >= 4 is 34.9 Å². The number of ether oxygens (including phenoxy) is 2. The Balaban J connectivity index is 1.28. The van der Waals surface area contributed by atoms with Crippen molar-refractivity contribution in [3.05, 3.63) is 70.3 Å². The van der Waals surface area contributed by atoms with Gasteiger partial charge in [-0.15, -0.1) is 0 Å². The van der Waals surface area contributed by atoms with E-state index in [0.29, 0.717) is 34.6 Å². The average Bonchev–Trinajstić information content (AvgIpc) is 3.33. The number of anilines is 1. The van der Waals surface area contributed by atoms with E-state index in [0.717, 1.165) is 56.1 Å². The lowest BCUT2D eigenvalue weighted by molar-refractivity contribution is 0.0950. The third kappa shape index (κ3) is 6.43. The van der Waals surface area contributed by atoms with Gasteiger partial charge in [0.25, 0.3) is 11.9 Å². The van der Waals surface area contributed by atoms with E-state index in [1.807, 2.05) is 56.3 Å². The maximum Gasteiger partial charge on any atom is 0.293 e. The van der Waals surface area contributed by atoms with E-state index in [-0.39, 0.29) is 18.1 Å². The van der Waals surface area contributed by atoms with Gasteiger partial charge in [0.05, 0.1) is 30.0 Å². The van der Waals surface area contributed by atoms with E-state index < -0.39 is 0 Å². The van der Waals surface area contributed by atoms with Gasteiger partial charge in [-0.2, -0.15) is 0 Å². The van der Waals surface area contributed by atoms with Crippen molar-refractivity contribution in [3.63, 3.8) is 0 Å². The Labute approximate surface area is 234 Å². The molecule has 0 saturated carbocycles. The highest BCUT2D eigenvalue weighted by molar-refractivity contribution is 6.46. The number of nitrogens with one attached hydrogen (secondary N) is 2.